The highest BCUT2D eigenvalue weighted by Crippen LogP contribution is 2.42. The van der Waals surface area contributed by atoms with Gasteiger partial charge in [0, 0.05) is 35.6 Å². The Labute approximate surface area is 131 Å². The molecule has 2 aliphatic rings. The van der Waals surface area contributed by atoms with Gasteiger partial charge in [-0.1, -0.05) is 24.3 Å². The SMILES string of the molecule is C/C=C1/CN2CCc3c([nH]c4ccccc34)[C@H]2C[C@@H]1C(C)=O. The molecule has 0 bridgehead atoms. The molecule has 114 valence electrons. The van der Waals surface area contributed by atoms with Crippen LogP contribution in [0.25, 0.3) is 10.9 Å². The van der Waals surface area contributed by atoms with Crippen LogP contribution in [-0.4, -0.2) is 28.8 Å². The molecule has 2 aromatic rings. The number of aromatic nitrogens is 1. The number of para-hydroxylation sites is 1. The number of carbonyl (C=O) groups is 1. The van der Waals surface area contributed by atoms with Gasteiger partial charge in [0.2, 0.25) is 0 Å². The summed E-state index contributed by atoms with van der Waals surface area (Å²) in [7, 11) is 0. The largest absolute Gasteiger partial charge is 0.357 e. The van der Waals surface area contributed by atoms with Gasteiger partial charge >= 0.3 is 0 Å². The molecule has 3 heterocycles. The Morgan fingerprint density at radius 3 is 2.95 bits per heavy atom. The number of ketones is 1. The van der Waals surface area contributed by atoms with E-state index < -0.39 is 0 Å². The molecule has 1 aromatic heterocycles. The summed E-state index contributed by atoms with van der Waals surface area (Å²) in [5.41, 5.74) is 5.32. The summed E-state index contributed by atoms with van der Waals surface area (Å²) in [6, 6.07) is 8.91. The average molecular weight is 294 g/mol. The number of rotatable bonds is 1. The third kappa shape index (κ3) is 1.96. The van der Waals surface area contributed by atoms with Gasteiger partial charge in [-0.3, -0.25) is 9.69 Å². The monoisotopic (exact) mass is 294 g/mol. The normalized spacial score (nSPS) is 26.9. The fourth-order valence-corrected chi connectivity index (χ4v) is 4.26. The summed E-state index contributed by atoms with van der Waals surface area (Å²) in [5.74, 6) is 0.389. The summed E-state index contributed by atoms with van der Waals surface area (Å²) in [6.45, 7) is 5.81. The van der Waals surface area contributed by atoms with Crippen molar-refractivity contribution < 1.29 is 4.79 Å². The fraction of sp³-hybridized carbons (Fsp3) is 0.421. The second-order valence-electron chi connectivity index (χ2n) is 6.56. The average Bonchev–Trinajstić information content (AvgIpc) is 2.92. The summed E-state index contributed by atoms with van der Waals surface area (Å²) >= 11 is 0. The zero-order valence-electron chi connectivity index (χ0n) is 13.2. The van der Waals surface area contributed by atoms with Crippen LogP contribution in [0.15, 0.2) is 35.9 Å². The van der Waals surface area contributed by atoms with Gasteiger partial charge in [0.05, 0.1) is 6.04 Å². The summed E-state index contributed by atoms with van der Waals surface area (Å²) in [6.07, 6.45) is 4.15. The first kappa shape index (κ1) is 13.8. The molecule has 1 fully saturated rings. The lowest BCUT2D eigenvalue weighted by Gasteiger charge is -2.43. The van der Waals surface area contributed by atoms with E-state index in [4.69, 9.17) is 0 Å². The van der Waals surface area contributed by atoms with Gasteiger partial charge in [0.15, 0.2) is 0 Å². The minimum atomic E-state index is 0.0867. The molecule has 0 spiro atoms. The molecule has 1 N–H and O–H groups in total. The summed E-state index contributed by atoms with van der Waals surface area (Å²) in [4.78, 5) is 18.2. The maximum Gasteiger partial charge on any atom is 0.137 e. The number of H-pyrrole nitrogens is 1. The number of hydrogen-bond acceptors (Lipinski definition) is 2. The quantitative estimate of drug-likeness (QED) is 0.815. The minimum Gasteiger partial charge on any atom is -0.357 e. The Morgan fingerprint density at radius 1 is 1.36 bits per heavy atom. The minimum absolute atomic E-state index is 0.0867. The predicted molar refractivity (Wildman–Crippen MR) is 88.9 cm³/mol. The number of piperidine rings is 1. The summed E-state index contributed by atoms with van der Waals surface area (Å²) in [5, 5.41) is 1.35. The van der Waals surface area contributed by atoms with Crippen molar-refractivity contribution in [2.75, 3.05) is 13.1 Å². The van der Waals surface area contributed by atoms with Crippen molar-refractivity contribution in [3.05, 3.63) is 47.2 Å². The molecular formula is C19H22N2O. The van der Waals surface area contributed by atoms with Crippen molar-refractivity contribution in [2.45, 2.75) is 32.7 Å². The molecule has 1 aromatic carbocycles. The van der Waals surface area contributed by atoms with Crippen molar-refractivity contribution in [1.82, 2.24) is 9.88 Å². The number of aromatic amines is 1. The van der Waals surface area contributed by atoms with E-state index in [9.17, 15) is 4.79 Å². The van der Waals surface area contributed by atoms with E-state index in [1.807, 2.05) is 0 Å². The lowest BCUT2D eigenvalue weighted by molar-refractivity contribution is -0.121. The molecule has 22 heavy (non-hydrogen) atoms. The molecule has 0 radical (unpaired) electrons. The standard InChI is InChI=1S/C19H22N2O/c1-3-13-11-21-9-8-15-14-6-4-5-7-17(14)20-19(15)18(21)10-16(13)12(2)22/h3-7,16,18,20H,8-11H2,1-2H3/b13-3-/t16-,18-/m1/s1. The summed E-state index contributed by atoms with van der Waals surface area (Å²) < 4.78 is 0. The van der Waals surface area contributed by atoms with Gasteiger partial charge in [-0.2, -0.15) is 0 Å². The van der Waals surface area contributed by atoms with E-state index in [0.717, 1.165) is 25.9 Å². The van der Waals surface area contributed by atoms with Gasteiger partial charge in [0.25, 0.3) is 0 Å². The third-order valence-corrected chi connectivity index (χ3v) is 5.42. The van der Waals surface area contributed by atoms with Crippen LogP contribution in [0.1, 0.15) is 37.6 Å². The van der Waals surface area contributed by atoms with Crippen molar-refractivity contribution in [1.29, 1.82) is 0 Å². The van der Waals surface area contributed by atoms with Crippen molar-refractivity contribution in [3.8, 4) is 0 Å². The van der Waals surface area contributed by atoms with Crippen LogP contribution in [0.3, 0.4) is 0 Å². The number of nitrogens with one attached hydrogen (secondary N) is 1. The van der Waals surface area contributed by atoms with E-state index in [1.165, 1.54) is 27.7 Å². The lowest BCUT2D eigenvalue weighted by atomic mass is 9.80. The van der Waals surface area contributed by atoms with E-state index in [-0.39, 0.29) is 5.92 Å². The van der Waals surface area contributed by atoms with Crippen LogP contribution in [0.5, 0.6) is 0 Å². The van der Waals surface area contributed by atoms with Crippen LogP contribution in [-0.2, 0) is 11.2 Å². The molecule has 0 unspecified atom stereocenters. The number of nitrogens with zero attached hydrogens (tertiary/aromatic N) is 1. The zero-order chi connectivity index (χ0) is 15.3. The van der Waals surface area contributed by atoms with Crippen LogP contribution >= 0.6 is 0 Å². The van der Waals surface area contributed by atoms with Crippen molar-refractivity contribution in [2.24, 2.45) is 5.92 Å². The van der Waals surface area contributed by atoms with E-state index in [0.29, 0.717) is 11.8 Å². The Kier molecular flexibility index (Phi) is 3.19. The zero-order valence-corrected chi connectivity index (χ0v) is 13.2. The number of carbonyl (C=O) groups excluding carboxylic acids is 1. The number of Topliss-reactive ketones (excluding diaryl/α,β-unsaturated/α-hetero) is 1. The van der Waals surface area contributed by atoms with Gasteiger partial charge in [-0.15, -0.1) is 0 Å². The maximum atomic E-state index is 12.1. The molecule has 2 atom stereocenters. The number of allylic oxidation sites excluding steroid dienone is 1. The van der Waals surface area contributed by atoms with Crippen LogP contribution < -0.4 is 0 Å². The van der Waals surface area contributed by atoms with Crippen LogP contribution in [0.2, 0.25) is 0 Å². The van der Waals surface area contributed by atoms with Gasteiger partial charge < -0.3 is 4.98 Å². The first-order valence-corrected chi connectivity index (χ1v) is 8.18. The highest BCUT2D eigenvalue weighted by Gasteiger charge is 2.38. The molecule has 4 rings (SSSR count). The highest BCUT2D eigenvalue weighted by atomic mass is 16.1. The van der Waals surface area contributed by atoms with Gasteiger partial charge in [-0.25, -0.2) is 0 Å². The Morgan fingerprint density at radius 2 is 2.18 bits per heavy atom. The highest BCUT2D eigenvalue weighted by molar-refractivity contribution is 5.85. The van der Waals surface area contributed by atoms with Crippen LogP contribution in [0.4, 0.5) is 0 Å². The first-order chi connectivity index (χ1) is 10.7. The molecule has 0 aliphatic carbocycles. The smallest absolute Gasteiger partial charge is 0.137 e. The van der Waals surface area contributed by atoms with E-state index in [2.05, 4.69) is 47.1 Å². The Balaban J connectivity index is 1.79. The molecule has 0 amide bonds. The Hall–Kier alpha value is -1.87. The van der Waals surface area contributed by atoms with Crippen molar-refractivity contribution in [3.63, 3.8) is 0 Å². The van der Waals surface area contributed by atoms with Crippen LogP contribution in [0, 0.1) is 5.92 Å². The molecule has 2 aliphatic heterocycles. The van der Waals surface area contributed by atoms with E-state index in [1.54, 1.807) is 6.92 Å². The molecule has 0 saturated carbocycles. The second-order valence-corrected chi connectivity index (χ2v) is 6.56. The van der Waals surface area contributed by atoms with Gasteiger partial charge in [-0.05, 0) is 43.9 Å². The molecule has 3 nitrogen and oxygen atoms in total. The first-order valence-electron chi connectivity index (χ1n) is 8.18. The second kappa shape index (κ2) is 5.10. The maximum absolute atomic E-state index is 12.1. The number of benzene rings is 1. The van der Waals surface area contributed by atoms with Gasteiger partial charge in [0.1, 0.15) is 5.78 Å². The molecular weight excluding hydrogens is 272 g/mol. The lowest BCUT2D eigenvalue weighted by Crippen LogP contribution is -2.44. The van der Waals surface area contributed by atoms with Crippen molar-refractivity contribution >= 4 is 16.7 Å². The third-order valence-electron chi connectivity index (χ3n) is 5.42. The topological polar surface area (TPSA) is 36.1 Å². The fourth-order valence-electron chi connectivity index (χ4n) is 4.26. The predicted octanol–water partition coefficient (Wildman–Crippen LogP) is 3.62. The molecule has 1 saturated heterocycles. The molecule has 3 heteroatoms. The Bertz CT molecular complexity index is 771. The number of fused-ring (bicyclic) bond motifs is 5. The number of hydrogen-bond donors (Lipinski definition) is 1. The van der Waals surface area contributed by atoms with E-state index >= 15 is 0 Å².